The molecule has 17 heavy (non-hydrogen) atoms. The molecule has 0 atom stereocenters. The molecule has 0 bridgehead atoms. The molecule has 1 aromatic rings. The molecule has 1 saturated carbocycles. The molecule has 0 radical (unpaired) electrons. The van der Waals surface area contributed by atoms with Crippen molar-refractivity contribution >= 4 is 11.6 Å². The molecule has 4 heteroatoms. The van der Waals surface area contributed by atoms with Crippen molar-refractivity contribution in [2.75, 3.05) is 18.5 Å². The van der Waals surface area contributed by atoms with Gasteiger partial charge in [0.1, 0.15) is 0 Å². The zero-order chi connectivity index (χ0) is 11.7. The van der Waals surface area contributed by atoms with Crippen molar-refractivity contribution in [1.82, 2.24) is 0 Å². The van der Waals surface area contributed by atoms with Gasteiger partial charge in [0, 0.05) is 17.2 Å². The van der Waals surface area contributed by atoms with Gasteiger partial charge in [-0.15, -0.1) is 0 Å². The SMILES string of the molecule is O=C(Nc1cccc(C2OCCO2)c1)C1CC1. The summed E-state index contributed by atoms with van der Waals surface area (Å²) in [6.07, 6.45) is 1.74. The number of nitrogens with one attached hydrogen (secondary N) is 1. The van der Waals surface area contributed by atoms with Gasteiger partial charge in [0.05, 0.1) is 13.2 Å². The molecule has 4 nitrogen and oxygen atoms in total. The highest BCUT2D eigenvalue weighted by Gasteiger charge is 2.29. The van der Waals surface area contributed by atoms with Crippen LogP contribution in [0, 0.1) is 5.92 Å². The van der Waals surface area contributed by atoms with Crippen LogP contribution in [0.15, 0.2) is 24.3 Å². The van der Waals surface area contributed by atoms with E-state index in [1.165, 1.54) is 0 Å². The van der Waals surface area contributed by atoms with Crippen molar-refractivity contribution in [3.8, 4) is 0 Å². The second-order valence-electron chi connectivity index (χ2n) is 4.46. The van der Waals surface area contributed by atoms with Crippen LogP contribution in [0.5, 0.6) is 0 Å². The summed E-state index contributed by atoms with van der Waals surface area (Å²) in [6, 6.07) is 7.65. The van der Waals surface area contributed by atoms with E-state index >= 15 is 0 Å². The van der Waals surface area contributed by atoms with Gasteiger partial charge in [-0.25, -0.2) is 0 Å². The Morgan fingerprint density at radius 1 is 1.24 bits per heavy atom. The number of hydrogen-bond donors (Lipinski definition) is 1. The van der Waals surface area contributed by atoms with E-state index in [0.29, 0.717) is 13.2 Å². The first-order chi connectivity index (χ1) is 8.33. The average molecular weight is 233 g/mol. The summed E-state index contributed by atoms with van der Waals surface area (Å²) in [4.78, 5) is 11.6. The maximum absolute atomic E-state index is 11.6. The Hall–Kier alpha value is -1.39. The summed E-state index contributed by atoms with van der Waals surface area (Å²) >= 11 is 0. The van der Waals surface area contributed by atoms with Crippen molar-refractivity contribution in [1.29, 1.82) is 0 Å². The number of amides is 1. The highest BCUT2D eigenvalue weighted by molar-refractivity contribution is 5.94. The Kier molecular flexibility index (Phi) is 2.82. The van der Waals surface area contributed by atoms with Gasteiger partial charge >= 0.3 is 0 Å². The molecule has 2 fully saturated rings. The summed E-state index contributed by atoms with van der Waals surface area (Å²) in [5.41, 5.74) is 1.77. The first-order valence-corrected chi connectivity index (χ1v) is 5.97. The van der Waals surface area contributed by atoms with Gasteiger partial charge in [0.2, 0.25) is 5.91 Å². The van der Waals surface area contributed by atoms with Crippen LogP contribution < -0.4 is 5.32 Å². The molecule has 90 valence electrons. The fraction of sp³-hybridized carbons (Fsp3) is 0.462. The Labute approximate surface area is 99.9 Å². The molecule has 1 saturated heterocycles. The fourth-order valence-corrected chi connectivity index (χ4v) is 1.90. The summed E-state index contributed by atoms with van der Waals surface area (Å²) < 4.78 is 10.8. The molecular formula is C13H15NO3. The van der Waals surface area contributed by atoms with E-state index < -0.39 is 0 Å². The molecule has 1 heterocycles. The predicted molar refractivity (Wildman–Crippen MR) is 62.4 cm³/mol. The molecule has 1 aliphatic carbocycles. The molecule has 2 aliphatic rings. The number of carbonyl (C=O) groups excluding carboxylic acids is 1. The Balaban J connectivity index is 1.71. The van der Waals surface area contributed by atoms with E-state index in [0.717, 1.165) is 24.1 Å². The van der Waals surface area contributed by atoms with E-state index in [2.05, 4.69) is 5.32 Å². The molecule has 1 aliphatic heterocycles. The third-order valence-electron chi connectivity index (χ3n) is 3.00. The van der Waals surface area contributed by atoms with Gasteiger partial charge in [-0.3, -0.25) is 4.79 Å². The van der Waals surface area contributed by atoms with Crippen LogP contribution >= 0.6 is 0 Å². The number of carbonyl (C=O) groups is 1. The zero-order valence-corrected chi connectivity index (χ0v) is 9.52. The second kappa shape index (κ2) is 4.47. The summed E-state index contributed by atoms with van der Waals surface area (Å²) in [6.45, 7) is 1.26. The lowest BCUT2D eigenvalue weighted by atomic mass is 10.2. The lowest BCUT2D eigenvalue weighted by Gasteiger charge is -2.11. The first kappa shape index (κ1) is 10.7. The standard InChI is InChI=1S/C13H15NO3/c15-12(9-4-5-9)14-11-3-1-2-10(8-11)13-16-6-7-17-13/h1-3,8-9,13H,4-7H2,(H,14,15). The van der Waals surface area contributed by atoms with Crippen LogP contribution in [0.25, 0.3) is 0 Å². The van der Waals surface area contributed by atoms with Crippen LogP contribution in [0.1, 0.15) is 24.7 Å². The number of hydrogen-bond acceptors (Lipinski definition) is 3. The summed E-state index contributed by atoms with van der Waals surface area (Å²) in [5, 5.41) is 2.92. The zero-order valence-electron chi connectivity index (χ0n) is 9.52. The van der Waals surface area contributed by atoms with Crippen molar-refractivity contribution in [3.63, 3.8) is 0 Å². The molecule has 0 spiro atoms. The maximum Gasteiger partial charge on any atom is 0.227 e. The fourth-order valence-electron chi connectivity index (χ4n) is 1.90. The average Bonchev–Trinajstić information content (AvgIpc) is 3.05. The predicted octanol–water partition coefficient (Wildman–Crippen LogP) is 2.08. The largest absolute Gasteiger partial charge is 0.346 e. The van der Waals surface area contributed by atoms with Gasteiger partial charge in [0.25, 0.3) is 0 Å². The normalized spacial score (nSPS) is 20.5. The lowest BCUT2D eigenvalue weighted by molar-refractivity contribution is -0.117. The maximum atomic E-state index is 11.6. The minimum absolute atomic E-state index is 0.121. The number of anilines is 1. The van der Waals surface area contributed by atoms with Crippen molar-refractivity contribution in [2.45, 2.75) is 19.1 Å². The van der Waals surface area contributed by atoms with Crippen LogP contribution in [-0.4, -0.2) is 19.1 Å². The van der Waals surface area contributed by atoms with Crippen LogP contribution in [0.3, 0.4) is 0 Å². The molecule has 3 rings (SSSR count). The lowest BCUT2D eigenvalue weighted by Crippen LogP contribution is -2.13. The van der Waals surface area contributed by atoms with Crippen molar-refractivity contribution < 1.29 is 14.3 Å². The van der Waals surface area contributed by atoms with Crippen LogP contribution in [-0.2, 0) is 14.3 Å². The van der Waals surface area contributed by atoms with Gasteiger partial charge < -0.3 is 14.8 Å². The molecular weight excluding hydrogens is 218 g/mol. The third kappa shape index (κ3) is 2.48. The third-order valence-corrected chi connectivity index (χ3v) is 3.00. The van der Waals surface area contributed by atoms with Crippen molar-refractivity contribution in [3.05, 3.63) is 29.8 Å². The van der Waals surface area contributed by atoms with Crippen LogP contribution in [0.4, 0.5) is 5.69 Å². The van der Waals surface area contributed by atoms with E-state index in [4.69, 9.17) is 9.47 Å². The Morgan fingerprint density at radius 2 is 2.00 bits per heavy atom. The molecule has 1 aromatic carbocycles. The molecule has 0 unspecified atom stereocenters. The first-order valence-electron chi connectivity index (χ1n) is 5.97. The van der Waals surface area contributed by atoms with E-state index in [9.17, 15) is 4.79 Å². The molecule has 1 amide bonds. The quantitative estimate of drug-likeness (QED) is 0.869. The number of benzene rings is 1. The highest BCUT2D eigenvalue weighted by Crippen LogP contribution is 2.31. The summed E-state index contributed by atoms with van der Waals surface area (Å²) in [5.74, 6) is 0.341. The molecule has 1 N–H and O–H groups in total. The second-order valence-corrected chi connectivity index (χ2v) is 4.46. The van der Waals surface area contributed by atoms with Gasteiger partial charge in [0.15, 0.2) is 6.29 Å². The smallest absolute Gasteiger partial charge is 0.227 e. The monoisotopic (exact) mass is 233 g/mol. The van der Waals surface area contributed by atoms with Crippen LogP contribution in [0.2, 0.25) is 0 Å². The van der Waals surface area contributed by atoms with E-state index in [1.54, 1.807) is 0 Å². The molecule has 0 aromatic heterocycles. The van der Waals surface area contributed by atoms with Gasteiger partial charge in [-0.2, -0.15) is 0 Å². The van der Waals surface area contributed by atoms with Crippen molar-refractivity contribution in [2.24, 2.45) is 5.92 Å². The highest BCUT2D eigenvalue weighted by atomic mass is 16.7. The minimum atomic E-state index is -0.284. The van der Waals surface area contributed by atoms with E-state index in [1.807, 2.05) is 24.3 Å². The summed E-state index contributed by atoms with van der Waals surface area (Å²) in [7, 11) is 0. The van der Waals surface area contributed by atoms with Gasteiger partial charge in [-0.05, 0) is 25.0 Å². The number of ether oxygens (including phenoxy) is 2. The number of rotatable bonds is 3. The topological polar surface area (TPSA) is 47.6 Å². The Bertz CT molecular complexity index is 422. The van der Waals surface area contributed by atoms with E-state index in [-0.39, 0.29) is 18.1 Å². The van der Waals surface area contributed by atoms with Gasteiger partial charge in [-0.1, -0.05) is 12.1 Å². The Morgan fingerprint density at radius 3 is 2.71 bits per heavy atom. The minimum Gasteiger partial charge on any atom is -0.346 e.